The van der Waals surface area contributed by atoms with Crippen molar-refractivity contribution in [3.8, 4) is 5.75 Å². The van der Waals surface area contributed by atoms with Crippen molar-refractivity contribution in [3.63, 3.8) is 0 Å². The molecule has 2 spiro atoms. The highest BCUT2D eigenvalue weighted by Gasteiger charge is 2.74. The summed E-state index contributed by atoms with van der Waals surface area (Å²) in [5, 5.41) is 27.1. The largest absolute Gasteiger partial charge is 0.497 e. The van der Waals surface area contributed by atoms with Gasteiger partial charge in [0.2, 0.25) is 0 Å². The first-order valence-electron chi connectivity index (χ1n) is 18.6. The van der Waals surface area contributed by atoms with Gasteiger partial charge in [0.05, 0.1) is 36.3 Å². The fourth-order valence-corrected chi connectivity index (χ4v) is 12.6. The number of Topliss-reactive ketones (excluding diaryl/α,β-unsaturated/α-hetero) is 1. The maximum atomic E-state index is 14.7. The molecular formula is C41H52N2O6S. The highest BCUT2D eigenvalue weighted by molar-refractivity contribution is 7.14. The normalized spacial score (nSPS) is 39.7. The number of aliphatic hydroxyl groups excluding tert-OH is 1. The van der Waals surface area contributed by atoms with Crippen LogP contribution in [-0.2, 0) is 4.74 Å². The monoisotopic (exact) mass is 700 g/mol. The highest BCUT2D eigenvalue weighted by atomic mass is 32.1. The minimum Gasteiger partial charge on any atom is -0.497 e. The van der Waals surface area contributed by atoms with E-state index < -0.39 is 16.4 Å². The van der Waals surface area contributed by atoms with Gasteiger partial charge in [0, 0.05) is 45.5 Å². The molecule has 0 radical (unpaired) electrons. The number of carbonyl (C=O) groups excluding carboxylic acids is 2. The number of anilines is 1. The Morgan fingerprint density at radius 2 is 1.74 bits per heavy atom. The second kappa shape index (κ2) is 12.0. The molecule has 9 atom stereocenters. The number of aryl methyl sites for hydroxylation is 1. The summed E-state index contributed by atoms with van der Waals surface area (Å²) < 4.78 is 11.3. The molecule has 8 nitrogen and oxygen atoms in total. The van der Waals surface area contributed by atoms with Gasteiger partial charge in [-0.25, -0.2) is 4.79 Å². The topological polar surface area (TPSA) is 108 Å². The molecule has 4 fully saturated rings. The van der Waals surface area contributed by atoms with Gasteiger partial charge in [0.25, 0.3) is 0 Å². The molecule has 9 rings (SSSR count). The lowest BCUT2D eigenvalue weighted by Crippen LogP contribution is -2.67. The van der Waals surface area contributed by atoms with Gasteiger partial charge in [0.15, 0.2) is 5.78 Å². The van der Waals surface area contributed by atoms with Crippen molar-refractivity contribution in [2.75, 3.05) is 32.1 Å². The molecule has 1 saturated heterocycles. The Balaban J connectivity index is 1.16. The number of thiophene rings is 1. The molecule has 2 aromatic rings. The van der Waals surface area contributed by atoms with Crippen LogP contribution in [-0.4, -0.2) is 71.5 Å². The minimum absolute atomic E-state index is 0.0162. The average molecular weight is 701 g/mol. The molecule has 2 heterocycles. The van der Waals surface area contributed by atoms with Crippen LogP contribution in [0.1, 0.15) is 86.2 Å². The Morgan fingerprint density at radius 1 is 1.00 bits per heavy atom. The number of carbonyl (C=O) groups is 2. The van der Waals surface area contributed by atoms with Crippen molar-refractivity contribution in [1.29, 1.82) is 0 Å². The van der Waals surface area contributed by atoms with Crippen LogP contribution in [0.25, 0.3) is 0 Å². The average Bonchev–Trinajstić information content (AvgIpc) is 3.84. The third-order valence-electron chi connectivity index (χ3n) is 14.4. The lowest BCUT2D eigenvalue weighted by Gasteiger charge is -2.71. The van der Waals surface area contributed by atoms with E-state index in [0.29, 0.717) is 37.4 Å². The van der Waals surface area contributed by atoms with Crippen LogP contribution in [0.2, 0.25) is 0 Å². The number of hydrogen-bond donors (Lipinski definition) is 3. The van der Waals surface area contributed by atoms with Crippen LogP contribution in [0.4, 0.5) is 10.5 Å². The van der Waals surface area contributed by atoms with Crippen molar-refractivity contribution in [1.82, 2.24) is 4.90 Å². The molecular weight excluding hydrogens is 649 g/mol. The number of rotatable bonds is 8. The quantitative estimate of drug-likeness (QED) is 0.194. The number of nitrogens with zero attached hydrogens (tertiary/aromatic N) is 1. The first-order chi connectivity index (χ1) is 23.9. The molecule has 2 amide bonds. The second-order valence-corrected chi connectivity index (χ2v) is 18.0. The number of ketones is 1. The van der Waals surface area contributed by atoms with Crippen LogP contribution in [0.15, 0.2) is 60.2 Å². The third kappa shape index (κ3) is 4.93. The highest BCUT2D eigenvalue weighted by Crippen LogP contribution is 2.78. The standard InChI is InChI=1S/C41H52N2O6S/c1-26-7-12-32(50-26)35(45)31-23-39-19-20-41(31)33(37(39,2)16-13-28(44)22-39)14-17-38(3)34(41)15-18-40(38,47)25-43(24-30-6-5-21-49-30)36(46)42-27-8-10-29(48-4)11-9-27/h7-12,19-20,23,28,30,33-34,44,47H,5-6,13-18,21-22,24-25H2,1-4H3,(H,42,46). The summed E-state index contributed by atoms with van der Waals surface area (Å²) in [5.74, 6) is 1.05. The van der Waals surface area contributed by atoms with Crippen molar-refractivity contribution < 1.29 is 29.3 Å². The number of ether oxygens (including phenoxy) is 2. The molecule has 268 valence electrons. The fraction of sp³-hybridized carbons (Fsp3) is 0.610. The number of benzene rings is 1. The predicted octanol–water partition coefficient (Wildman–Crippen LogP) is 7.55. The third-order valence-corrected chi connectivity index (χ3v) is 15.4. The van der Waals surface area contributed by atoms with E-state index in [2.05, 4.69) is 37.4 Å². The number of amides is 2. The summed E-state index contributed by atoms with van der Waals surface area (Å²) in [6.07, 6.45) is 13.7. The first kappa shape index (κ1) is 34.1. The lowest BCUT2D eigenvalue weighted by molar-refractivity contribution is -0.175. The zero-order chi connectivity index (χ0) is 35.1. The van der Waals surface area contributed by atoms with Crippen LogP contribution >= 0.6 is 11.3 Å². The van der Waals surface area contributed by atoms with Crippen molar-refractivity contribution >= 4 is 28.8 Å². The SMILES string of the molecule is COc1ccc(NC(=O)N(CC2CCCO2)CC2(O)CCC3C45C=CC6(C=C4C(=O)c4ccc(C)s4)CC(O)CCC6(C)C5CCC32C)cc1. The Hall–Kier alpha value is -2.98. The van der Waals surface area contributed by atoms with Gasteiger partial charge in [-0.1, -0.05) is 32.1 Å². The van der Waals surface area contributed by atoms with E-state index in [1.807, 2.05) is 43.3 Å². The molecule has 3 saturated carbocycles. The van der Waals surface area contributed by atoms with Crippen molar-refractivity contribution in [3.05, 3.63) is 70.0 Å². The summed E-state index contributed by atoms with van der Waals surface area (Å²) in [7, 11) is 1.62. The molecule has 50 heavy (non-hydrogen) atoms. The van der Waals surface area contributed by atoms with Crippen LogP contribution in [0, 0.1) is 40.4 Å². The number of nitrogens with one attached hydrogen (secondary N) is 1. The summed E-state index contributed by atoms with van der Waals surface area (Å²) >= 11 is 1.55. The van der Waals surface area contributed by atoms with E-state index in [1.54, 1.807) is 23.3 Å². The predicted molar refractivity (Wildman–Crippen MR) is 195 cm³/mol. The Kier molecular flexibility index (Phi) is 8.22. The smallest absolute Gasteiger partial charge is 0.322 e. The molecule has 1 aliphatic heterocycles. The fourth-order valence-electron chi connectivity index (χ4n) is 11.7. The summed E-state index contributed by atoms with van der Waals surface area (Å²) in [6, 6.07) is 11.0. The maximum absolute atomic E-state index is 14.7. The number of allylic oxidation sites excluding steroid dienone is 4. The molecule has 9 heteroatoms. The van der Waals surface area contributed by atoms with Gasteiger partial charge in [-0.3, -0.25) is 4.79 Å². The summed E-state index contributed by atoms with van der Waals surface area (Å²) in [6.45, 7) is 7.96. The Labute approximate surface area is 299 Å². The molecule has 1 aromatic heterocycles. The van der Waals surface area contributed by atoms with Crippen LogP contribution in [0.5, 0.6) is 5.75 Å². The van der Waals surface area contributed by atoms with E-state index in [4.69, 9.17) is 9.47 Å². The molecule has 3 N–H and O–H groups in total. The molecule has 7 aliphatic rings. The van der Waals surface area contributed by atoms with E-state index in [9.17, 15) is 19.8 Å². The maximum Gasteiger partial charge on any atom is 0.322 e. The van der Waals surface area contributed by atoms with Gasteiger partial charge in [-0.05, 0) is 118 Å². The van der Waals surface area contributed by atoms with E-state index in [1.165, 1.54) is 0 Å². The Morgan fingerprint density at radius 3 is 2.44 bits per heavy atom. The van der Waals surface area contributed by atoms with E-state index >= 15 is 0 Å². The number of urea groups is 1. The number of fused-ring (bicyclic) bond motifs is 1. The van der Waals surface area contributed by atoms with Crippen molar-refractivity contribution in [2.45, 2.75) is 96.4 Å². The van der Waals surface area contributed by atoms with Gasteiger partial charge in [0.1, 0.15) is 5.75 Å². The number of aliphatic hydroxyl groups is 2. The van der Waals surface area contributed by atoms with Gasteiger partial charge in [-0.15, -0.1) is 11.3 Å². The van der Waals surface area contributed by atoms with E-state index in [-0.39, 0.29) is 53.2 Å². The summed E-state index contributed by atoms with van der Waals surface area (Å²) in [5.41, 5.74) is -1.17. The second-order valence-electron chi connectivity index (χ2n) is 16.7. The van der Waals surface area contributed by atoms with Crippen LogP contribution < -0.4 is 10.1 Å². The van der Waals surface area contributed by atoms with Crippen LogP contribution in [0.3, 0.4) is 0 Å². The van der Waals surface area contributed by atoms with E-state index in [0.717, 1.165) is 60.3 Å². The van der Waals surface area contributed by atoms with Crippen molar-refractivity contribution in [2.24, 2.45) is 33.5 Å². The molecule has 6 aliphatic carbocycles. The zero-order valence-electron chi connectivity index (χ0n) is 29.9. The van der Waals surface area contributed by atoms with Gasteiger partial charge < -0.3 is 29.9 Å². The first-order valence-corrected chi connectivity index (χ1v) is 19.4. The lowest BCUT2D eigenvalue weighted by atomic mass is 9.32. The minimum atomic E-state index is -1.16. The Bertz CT molecular complexity index is 1730. The van der Waals surface area contributed by atoms with Gasteiger partial charge in [-0.2, -0.15) is 0 Å². The number of hydrogen-bond acceptors (Lipinski definition) is 7. The van der Waals surface area contributed by atoms with Gasteiger partial charge >= 0.3 is 6.03 Å². The summed E-state index contributed by atoms with van der Waals surface area (Å²) in [4.78, 5) is 32.4. The zero-order valence-corrected chi connectivity index (χ0v) is 30.7. The molecule has 9 unspecified atom stereocenters. The molecule has 1 aromatic carbocycles. The number of methoxy groups -OCH3 is 1. The molecule has 2 bridgehead atoms.